The molecule has 0 radical (unpaired) electrons. The molecule has 2 atom stereocenters. The van der Waals surface area contributed by atoms with Crippen molar-refractivity contribution in [1.82, 2.24) is 0 Å². The van der Waals surface area contributed by atoms with Crippen LogP contribution < -0.4 is 10.5 Å². The quantitative estimate of drug-likeness (QED) is 0.866. The molecule has 1 aromatic carbocycles. The Bertz CT molecular complexity index is 450. The van der Waals surface area contributed by atoms with E-state index >= 15 is 0 Å². The Morgan fingerprint density at radius 2 is 2.22 bits per heavy atom. The highest BCUT2D eigenvalue weighted by atomic mass is 19.1. The van der Waals surface area contributed by atoms with Gasteiger partial charge in [-0.2, -0.15) is 0 Å². The molecule has 3 N–H and O–H groups in total. The van der Waals surface area contributed by atoms with Crippen LogP contribution in [-0.2, 0) is 0 Å². The van der Waals surface area contributed by atoms with E-state index in [0.29, 0.717) is 6.42 Å². The van der Waals surface area contributed by atoms with Crippen molar-refractivity contribution >= 4 is 5.97 Å². The number of hydrogen-bond acceptors (Lipinski definition) is 3. The first-order chi connectivity index (χ1) is 8.56. The Hall–Kier alpha value is -1.62. The highest BCUT2D eigenvalue weighted by Crippen LogP contribution is 2.25. The first kappa shape index (κ1) is 12.8. The summed E-state index contributed by atoms with van der Waals surface area (Å²) in [7, 11) is 0. The number of halogens is 1. The van der Waals surface area contributed by atoms with Gasteiger partial charge in [0.15, 0.2) is 11.6 Å². The van der Waals surface area contributed by atoms with E-state index in [0.717, 1.165) is 25.3 Å². The van der Waals surface area contributed by atoms with Gasteiger partial charge in [0.05, 0.1) is 5.56 Å². The van der Waals surface area contributed by atoms with E-state index in [-0.39, 0.29) is 23.5 Å². The number of carbonyl (C=O) groups is 1. The summed E-state index contributed by atoms with van der Waals surface area (Å²) in [4.78, 5) is 10.7. The molecule has 0 aromatic heterocycles. The number of benzene rings is 1. The lowest BCUT2D eigenvalue weighted by molar-refractivity contribution is 0.0696. The zero-order valence-electron chi connectivity index (χ0n) is 9.93. The molecule has 98 valence electrons. The Morgan fingerprint density at radius 3 is 2.83 bits per heavy atom. The topological polar surface area (TPSA) is 72.5 Å². The van der Waals surface area contributed by atoms with Crippen LogP contribution >= 0.6 is 0 Å². The molecule has 2 unspecified atom stereocenters. The summed E-state index contributed by atoms with van der Waals surface area (Å²) in [6.45, 7) is 0. The Kier molecular flexibility index (Phi) is 3.81. The molecule has 0 heterocycles. The standard InChI is InChI=1S/C13H16FNO3/c14-11-6-8(13(16)17)4-5-12(11)18-10-3-1-2-9(15)7-10/h4-6,9-10H,1-3,7,15H2,(H,16,17). The van der Waals surface area contributed by atoms with Crippen molar-refractivity contribution in [3.63, 3.8) is 0 Å². The Labute approximate surface area is 105 Å². The average molecular weight is 253 g/mol. The number of aromatic carboxylic acids is 1. The second-order valence-electron chi connectivity index (χ2n) is 4.62. The van der Waals surface area contributed by atoms with Crippen LogP contribution in [0, 0.1) is 5.82 Å². The molecule has 1 aliphatic rings. The average Bonchev–Trinajstić information content (AvgIpc) is 2.31. The summed E-state index contributed by atoms with van der Waals surface area (Å²) in [6, 6.07) is 3.77. The van der Waals surface area contributed by atoms with Gasteiger partial charge in [0, 0.05) is 6.04 Å². The minimum Gasteiger partial charge on any atom is -0.487 e. The summed E-state index contributed by atoms with van der Waals surface area (Å²) in [5.41, 5.74) is 5.75. The molecule has 1 aromatic rings. The van der Waals surface area contributed by atoms with Gasteiger partial charge in [0.1, 0.15) is 6.10 Å². The van der Waals surface area contributed by atoms with Gasteiger partial charge in [-0.15, -0.1) is 0 Å². The molecule has 0 bridgehead atoms. The molecule has 4 nitrogen and oxygen atoms in total. The molecule has 1 fully saturated rings. The highest BCUT2D eigenvalue weighted by molar-refractivity contribution is 5.87. The van der Waals surface area contributed by atoms with Crippen molar-refractivity contribution in [3.8, 4) is 5.75 Å². The summed E-state index contributed by atoms with van der Waals surface area (Å²) in [5.74, 6) is -1.70. The highest BCUT2D eigenvalue weighted by Gasteiger charge is 2.21. The molecule has 18 heavy (non-hydrogen) atoms. The van der Waals surface area contributed by atoms with Gasteiger partial charge >= 0.3 is 5.97 Å². The predicted octanol–water partition coefficient (Wildman–Crippen LogP) is 2.17. The van der Waals surface area contributed by atoms with Crippen LogP contribution in [0.4, 0.5) is 4.39 Å². The first-order valence-electron chi connectivity index (χ1n) is 6.01. The third-order valence-corrected chi connectivity index (χ3v) is 3.14. The molecular formula is C13H16FNO3. The minimum absolute atomic E-state index is 0.0832. The molecule has 0 saturated heterocycles. The molecule has 0 amide bonds. The Balaban J connectivity index is 2.07. The van der Waals surface area contributed by atoms with Crippen LogP contribution in [0.5, 0.6) is 5.75 Å². The van der Waals surface area contributed by atoms with Gasteiger partial charge in [0.25, 0.3) is 0 Å². The van der Waals surface area contributed by atoms with E-state index in [1.54, 1.807) is 0 Å². The van der Waals surface area contributed by atoms with Crippen LogP contribution in [0.25, 0.3) is 0 Å². The van der Waals surface area contributed by atoms with Crippen molar-refractivity contribution in [2.45, 2.75) is 37.8 Å². The number of carboxylic acid groups (broad SMARTS) is 1. The summed E-state index contributed by atoms with van der Waals surface area (Å²) >= 11 is 0. The van der Waals surface area contributed by atoms with Crippen molar-refractivity contribution in [3.05, 3.63) is 29.6 Å². The largest absolute Gasteiger partial charge is 0.487 e. The Morgan fingerprint density at radius 1 is 1.44 bits per heavy atom. The number of hydrogen-bond donors (Lipinski definition) is 2. The summed E-state index contributed by atoms with van der Waals surface area (Å²) in [5, 5.41) is 8.73. The molecular weight excluding hydrogens is 237 g/mol. The van der Waals surface area contributed by atoms with Crippen LogP contribution in [0.3, 0.4) is 0 Å². The lowest BCUT2D eigenvalue weighted by atomic mass is 9.93. The molecule has 0 spiro atoms. The van der Waals surface area contributed by atoms with Crippen molar-refractivity contribution in [2.24, 2.45) is 5.73 Å². The predicted molar refractivity (Wildman–Crippen MR) is 64.2 cm³/mol. The van der Waals surface area contributed by atoms with E-state index in [9.17, 15) is 9.18 Å². The second-order valence-corrected chi connectivity index (χ2v) is 4.62. The van der Waals surface area contributed by atoms with Gasteiger partial charge in [-0.25, -0.2) is 9.18 Å². The fraction of sp³-hybridized carbons (Fsp3) is 0.462. The van der Waals surface area contributed by atoms with Gasteiger partial charge < -0.3 is 15.6 Å². The van der Waals surface area contributed by atoms with Crippen LogP contribution in [-0.4, -0.2) is 23.2 Å². The fourth-order valence-corrected chi connectivity index (χ4v) is 2.20. The van der Waals surface area contributed by atoms with Gasteiger partial charge in [-0.3, -0.25) is 0 Å². The van der Waals surface area contributed by atoms with E-state index in [1.165, 1.54) is 12.1 Å². The molecule has 5 heteroatoms. The second kappa shape index (κ2) is 5.35. The first-order valence-corrected chi connectivity index (χ1v) is 6.01. The van der Waals surface area contributed by atoms with Gasteiger partial charge in [-0.1, -0.05) is 0 Å². The number of ether oxygens (including phenoxy) is 1. The molecule has 1 saturated carbocycles. The lowest BCUT2D eigenvalue weighted by Gasteiger charge is -2.27. The third-order valence-electron chi connectivity index (χ3n) is 3.14. The number of rotatable bonds is 3. The minimum atomic E-state index is -1.15. The normalized spacial score (nSPS) is 23.7. The van der Waals surface area contributed by atoms with Crippen molar-refractivity contribution in [2.75, 3.05) is 0 Å². The lowest BCUT2D eigenvalue weighted by Crippen LogP contribution is -2.33. The smallest absolute Gasteiger partial charge is 0.335 e. The maximum Gasteiger partial charge on any atom is 0.335 e. The third kappa shape index (κ3) is 2.98. The molecule has 0 aliphatic heterocycles. The van der Waals surface area contributed by atoms with Crippen LogP contribution in [0.2, 0.25) is 0 Å². The van der Waals surface area contributed by atoms with Crippen molar-refractivity contribution < 1.29 is 19.0 Å². The monoisotopic (exact) mass is 253 g/mol. The molecule has 1 aliphatic carbocycles. The zero-order valence-corrected chi connectivity index (χ0v) is 9.93. The summed E-state index contributed by atoms with van der Waals surface area (Å²) < 4.78 is 19.2. The van der Waals surface area contributed by atoms with Crippen molar-refractivity contribution in [1.29, 1.82) is 0 Å². The maximum absolute atomic E-state index is 13.6. The van der Waals surface area contributed by atoms with Crippen LogP contribution in [0.1, 0.15) is 36.0 Å². The van der Waals surface area contributed by atoms with Crippen LogP contribution in [0.15, 0.2) is 18.2 Å². The van der Waals surface area contributed by atoms with Gasteiger partial charge in [0.2, 0.25) is 0 Å². The zero-order chi connectivity index (χ0) is 13.1. The summed E-state index contributed by atoms with van der Waals surface area (Å²) in [6.07, 6.45) is 3.42. The van der Waals surface area contributed by atoms with E-state index in [1.807, 2.05) is 0 Å². The SMILES string of the molecule is NC1CCCC(Oc2ccc(C(=O)O)cc2F)C1. The number of carboxylic acids is 1. The van der Waals surface area contributed by atoms with E-state index in [4.69, 9.17) is 15.6 Å². The van der Waals surface area contributed by atoms with E-state index in [2.05, 4.69) is 0 Å². The fourth-order valence-electron chi connectivity index (χ4n) is 2.20. The molecule has 2 rings (SSSR count). The van der Waals surface area contributed by atoms with Gasteiger partial charge in [-0.05, 0) is 43.9 Å². The van der Waals surface area contributed by atoms with E-state index < -0.39 is 11.8 Å². The maximum atomic E-state index is 13.6. The number of nitrogens with two attached hydrogens (primary N) is 1.